The van der Waals surface area contributed by atoms with E-state index in [1.54, 1.807) is 24.3 Å². The maximum absolute atomic E-state index is 12.6. The van der Waals surface area contributed by atoms with E-state index in [1.807, 2.05) is 0 Å². The highest BCUT2D eigenvalue weighted by atomic mass is 16.5. The number of amides is 2. The second kappa shape index (κ2) is 8.66. The molecule has 8 nitrogen and oxygen atoms in total. The summed E-state index contributed by atoms with van der Waals surface area (Å²) >= 11 is 0. The first-order chi connectivity index (χ1) is 12.4. The standard InChI is InChI=1S/C18H24N2O6/c1-11(21)20-10-13(22)9-15(20)17(23)19-14(18(24)26-3)8-12-6-4-5-7-16(12)25-2/h4-7,13-15,22H,8-10H2,1-3H3,(H,19,23)/t13-,14+,15+/m1/s1. The summed E-state index contributed by atoms with van der Waals surface area (Å²) in [7, 11) is 2.76. The lowest BCUT2D eigenvalue weighted by Crippen LogP contribution is -2.51. The van der Waals surface area contributed by atoms with Crippen LogP contribution >= 0.6 is 0 Å². The normalized spacial score (nSPS) is 20.4. The molecule has 0 unspecified atom stereocenters. The maximum Gasteiger partial charge on any atom is 0.328 e. The molecular formula is C18H24N2O6. The van der Waals surface area contributed by atoms with Crippen molar-refractivity contribution in [2.75, 3.05) is 20.8 Å². The van der Waals surface area contributed by atoms with Gasteiger partial charge in [0.25, 0.3) is 0 Å². The molecular weight excluding hydrogens is 340 g/mol. The highest BCUT2D eigenvalue weighted by Crippen LogP contribution is 2.21. The lowest BCUT2D eigenvalue weighted by molar-refractivity contribution is -0.146. The van der Waals surface area contributed by atoms with Crippen LogP contribution in [0.2, 0.25) is 0 Å². The van der Waals surface area contributed by atoms with E-state index in [-0.39, 0.29) is 25.3 Å². The molecule has 0 radical (unpaired) electrons. The van der Waals surface area contributed by atoms with Crippen molar-refractivity contribution in [1.29, 1.82) is 0 Å². The monoisotopic (exact) mass is 364 g/mol. The van der Waals surface area contributed by atoms with Crippen molar-refractivity contribution < 1.29 is 29.0 Å². The summed E-state index contributed by atoms with van der Waals surface area (Å²) in [6.07, 6.45) is -0.452. The number of benzene rings is 1. The zero-order valence-electron chi connectivity index (χ0n) is 15.1. The van der Waals surface area contributed by atoms with E-state index in [0.29, 0.717) is 5.75 Å². The van der Waals surface area contributed by atoms with Gasteiger partial charge >= 0.3 is 5.97 Å². The Bertz CT molecular complexity index is 677. The second-order valence-corrected chi connectivity index (χ2v) is 6.18. The van der Waals surface area contributed by atoms with Gasteiger partial charge in [0.05, 0.1) is 20.3 Å². The molecule has 1 heterocycles. The molecule has 26 heavy (non-hydrogen) atoms. The number of para-hydroxylation sites is 1. The number of aliphatic hydroxyl groups is 1. The summed E-state index contributed by atoms with van der Waals surface area (Å²) in [5, 5.41) is 12.4. The Kier molecular flexibility index (Phi) is 6.57. The molecule has 8 heteroatoms. The van der Waals surface area contributed by atoms with Crippen LogP contribution in [-0.2, 0) is 25.5 Å². The number of hydrogen-bond acceptors (Lipinski definition) is 6. The van der Waals surface area contributed by atoms with E-state index in [2.05, 4.69) is 5.32 Å². The summed E-state index contributed by atoms with van der Waals surface area (Å²) < 4.78 is 10.1. The van der Waals surface area contributed by atoms with Gasteiger partial charge in [0.1, 0.15) is 17.8 Å². The van der Waals surface area contributed by atoms with Crippen molar-refractivity contribution in [3.05, 3.63) is 29.8 Å². The van der Waals surface area contributed by atoms with Gasteiger partial charge in [-0.05, 0) is 11.6 Å². The van der Waals surface area contributed by atoms with Gasteiger partial charge in [0, 0.05) is 26.3 Å². The van der Waals surface area contributed by atoms with Crippen LogP contribution in [0.25, 0.3) is 0 Å². The van der Waals surface area contributed by atoms with Gasteiger partial charge in [-0.15, -0.1) is 0 Å². The lowest BCUT2D eigenvalue weighted by Gasteiger charge is -2.25. The summed E-state index contributed by atoms with van der Waals surface area (Å²) in [5.74, 6) is -0.808. The van der Waals surface area contributed by atoms with E-state index >= 15 is 0 Å². The molecule has 2 N–H and O–H groups in total. The van der Waals surface area contributed by atoms with E-state index in [4.69, 9.17) is 9.47 Å². The summed E-state index contributed by atoms with van der Waals surface area (Å²) in [6.45, 7) is 1.44. The summed E-state index contributed by atoms with van der Waals surface area (Å²) in [5.41, 5.74) is 0.737. The summed E-state index contributed by atoms with van der Waals surface area (Å²) in [4.78, 5) is 37.8. The first-order valence-electron chi connectivity index (χ1n) is 8.32. The van der Waals surface area contributed by atoms with Crippen LogP contribution in [0, 0.1) is 0 Å². The first kappa shape index (κ1) is 19.7. The van der Waals surface area contributed by atoms with Crippen molar-refractivity contribution in [2.45, 2.75) is 38.0 Å². The van der Waals surface area contributed by atoms with Gasteiger partial charge in [0.2, 0.25) is 11.8 Å². The molecule has 0 spiro atoms. The van der Waals surface area contributed by atoms with Gasteiger partial charge < -0.3 is 24.8 Å². The highest BCUT2D eigenvalue weighted by Gasteiger charge is 2.39. The Morgan fingerprint density at radius 3 is 2.62 bits per heavy atom. The van der Waals surface area contributed by atoms with Crippen LogP contribution in [-0.4, -0.2) is 66.7 Å². The molecule has 1 aliphatic heterocycles. The third-order valence-electron chi connectivity index (χ3n) is 4.40. The number of nitrogens with one attached hydrogen (secondary N) is 1. The topological polar surface area (TPSA) is 105 Å². The Morgan fingerprint density at radius 1 is 1.31 bits per heavy atom. The predicted molar refractivity (Wildman–Crippen MR) is 92.4 cm³/mol. The van der Waals surface area contributed by atoms with Crippen molar-refractivity contribution in [2.24, 2.45) is 0 Å². The smallest absolute Gasteiger partial charge is 0.328 e. The molecule has 1 fully saturated rings. The molecule has 1 aromatic rings. The first-order valence-corrected chi connectivity index (χ1v) is 8.32. The van der Waals surface area contributed by atoms with Crippen molar-refractivity contribution in [3.63, 3.8) is 0 Å². The Morgan fingerprint density at radius 2 is 2.00 bits per heavy atom. The minimum absolute atomic E-state index is 0.100. The molecule has 1 saturated heterocycles. The van der Waals surface area contributed by atoms with Gasteiger partial charge in [-0.1, -0.05) is 18.2 Å². The molecule has 3 atom stereocenters. The van der Waals surface area contributed by atoms with Crippen molar-refractivity contribution >= 4 is 17.8 Å². The number of rotatable bonds is 6. The molecule has 0 aromatic heterocycles. The predicted octanol–water partition coefficient (Wildman–Crippen LogP) is -0.123. The van der Waals surface area contributed by atoms with Crippen LogP contribution in [0.15, 0.2) is 24.3 Å². The van der Waals surface area contributed by atoms with E-state index in [0.717, 1.165) is 5.56 Å². The average Bonchev–Trinajstić information content (AvgIpc) is 3.03. The number of hydrogen-bond donors (Lipinski definition) is 2. The number of esters is 1. The van der Waals surface area contributed by atoms with E-state index in [9.17, 15) is 19.5 Å². The number of β-amino-alcohol motifs (C(OH)–C–C–N with tert-alkyl or cyclic N) is 1. The van der Waals surface area contributed by atoms with Crippen LogP contribution in [0.4, 0.5) is 0 Å². The zero-order chi connectivity index (χ0) is 19.3. The Labute approximate surface area is 152 Å². The number of nitrogens with zero attached hydrogens (tertiary/aromatic N) is 1. The number of methoxy groups -OCH3 is 2. The highest BCUT2D eigenvalue weighted by molar-refractivity contribution is 5.91. The van der Waals surface area contributed by atoms with Crippen LogP contribution < -0.4 is 10.1 Å². The molecule has 1 aliphatic rings. The minimum Gasteiger partial charge on any atom is -0.496 e. The van der Waals surface area contributed by atoms with E-state index in [1.165, 1.54) is 26.0 Å². The molecule has 142 valence electrons. The van der Waals surface area contributed by atoms with E-state index < -0.39 is 30.1 Å². The van der Waals surface area contributed by atoms with Crippen molar-refractivity contribution in [1.82, 2.24) is 10.2 Å². The number of ether oxygens (including phenoxy) is 2. The van der Waals surface area contributed by atoms with Gasteiger partial charge in [-0.3, -0.25) is 9.59 Å². The SMILES string of the molecule is COC(=O)[C@H](Cc1ccccc1OC)NC(=O)[C@@H]1C[C@@H](O)CN1C(C)=O. The average molecular weight is 364 g/mol. The molecule has 1 aromatic carbocycles. The number of carbonyl (C=O) groups is 3. The Balaban J connectivity index is 2.16. The van der Waals surface area contributed by atoms with Crippen LogP contribution in [0.3, 0.4) is 0 Å². The molecule has 0 saturated carbocycles. The molecule has 0 bridgehead atoms. The van der Waals surface area contributed by atoms with Crippen LogP contribution in [0.1, 0.15) is 18.9 Å². The van der Waals surface area contributed by atoms with Gasteiger partial charge in [-0.2, -0.15) is 0 Å². The number of carbonyl (C=O) groups excluding carboxylic acids is 3. The van der Waals surface area contributed by atoms with Gasteiger partial charge in [0.15, 0.2) is 0 Å². The molecule has 0 aliphatic carbocycles. The fraction of sp³-hybridized carbons (Fsp3) is 0.500. The fourth-order valence-corrected chi connectivity index (χ4v) is 3.11. The maximum atomic E-state index is 12.6. The summed E-state index contributed by atoms with van der Waals surface area (Å²) in [6, 6.07) is 5.42. The van der Waals surface area contributed by atoms with Crippen molar-refractivity contribution in [3.8, 4) is 5.75 Å². The quantitative estimate of drug-likeness (QED) is 0.682. The third kappa shape index (κ3) is 4.51. The number of aliphatic hydroxyl groups excluding tert-OH is 1. The zero-order valence-corrected chi connectivity index (χ0v) is 15.1. The fourth-order valence-electron chi connectivity index (χ4n) is 3.11. The molecule has 2 amide bonds. The third-order valence-corrected chi connectivity index (χ3v) is 4.40. The molecule has 2 rings (SSSR count). The second-order valence-electron chi connectivity index (χ2n) is 6.18. The lowest BCUT2D eigenvalue weighted by atomic mass is 10.0. The largest absolute Gasteiger partial charge is 0.496 e. The van der Waals surface area contributed by atoms with Gasteiger partial charge in [-0.25, -0.2) is 4.79 Å². The van der Waals surface area contributed by atoms with Crippen LogP contribution in [0.5, 0.6) is 5.75 Å². The number of likely N-dealkylation sites (tertiary alicyclic amines) is 1. The Hall–Kier alpha value is -2.61. The minimum atomic E-state index is -0.935.